The maximum Gasteiger partial charge on any atom is 0.329 e. The van der Waals surface area contributed by atoms with E-state index in [-0.39, 0.29) is 6.03 Å². The zero-order valence-electron chi connectivity index (χ0n) is 12.6. The molecule has 1 heterocycles. The standard InChI is InChI=1S/C14H26N2O4/c1-4-14(5-2,11(17)18)15-12(19)16-9-6-7-13(3,20)8-10-16/h20H,4-10H2,1-3H3,(H,15,19)(H,17,18). The van der Waals surface area contributed by atoms with E-state index in [1.165, 1.54) is 0 Å². The molecule has 0 aromatic rings. The van der Waals surface area contributed by atoms with Crippen molar-refractivity contribution in [1.29, 1.82) is 0 Å². The molecule has 0 aliphatic carbocycles. The fourth-order valence-corrected chi connectivity index (χ4v) is 2.53. The third-order valence-corrected chi connectivity index (χ3v) is 4.31. The SMILES string of the molecule is CCC(CC)(NC(=O)N1CCCC(C)(O)CC1)C(=O)O. The lowest BCUT2D eigenvalue weighted by Crippen LogP contribution is -2.57. The number of hydrogen-bond donors (Lipinski definition) is 3. The molecule has 1 atom stereocenters. The highest BCUT2D eigenvalue weighted by atomic mass is 16.4. The van der Waals surface area contributed by atoms with Gasteiger partial charge in [-0.25, -0.2) is 9.59 Å². The van der Waals surface area contributed by atoms with Crippen LogP contribution in [0.15, 0.2) is 0 Å². The molecular formula is C14H26N2O4. The van der Waals surface area contributed by atoms with Gasteiger partial charge in [0.05, 0.1) is 5.60 Å². The molecule has 0 radical (unpaired) electrons. The van der Waals surface area contributed by atoms with Crippen LogP contribution in [0.2, 0.25) is 0 Å². The first-order valence-corrected chi connectivity index (χ1v) is 7.29. The molecule has 0 aromatic carbocycles. The molecular weight excluding hydrogens is 260 g/mol. The lowest BCUT2D eigenvalue weighted by molar-refractivity contribution is -0.144. The van der Waals surface area contributed by atoms with E-state index in [1.54, 1.807) is 25.7 Å². The van der Waals surface area contributed by atoms with E-state index in [0.717, 1.165) is 6.42 Å². The van der Waals surface area contributed by atoms with Gasteiger partial charge in [0.1, 0.15) is 5.54 Å². The summed E-state index contributed by atoms with van der Waals surface area (Å²) in [7, 11) is 0. The second-order valence-electron chi connectivity index (χ2n) is 5.86. The highest BCUT2D eigenvalue weighted by molar-refractivity contribution is 5.86. The lowest BCUT2D eigenvalue weighted by Gasteiger charge is -2.31. The van der Waals surface area contributed by atoms with Crippen LogP contribution >= 0.6 is 0 Å². The quantitative estimate of drug-likeness (QED) is 0.732. The van der Waals surface area contributed by atoms with Crippen molar-refractivity contribution in [2.45, 2.75) is 64.0 Å². The van der Waals surface area contributed by atoms with E-state index in [2.05, 4.69) is 5.32 Å². The molecule has 20 heavy (non-hydrogen) atoms. The Balaban J connectivity index is 2.72. The predicted molar refractivity (Wildman–Crippen MR) is 75.5 cm³/mol. The molecule has 6 nitrogen and oxygen atoms in total. The number of carbonyl (C=O) groups is 2. The number of likely N-dealkylation sites (tertiary alicyclic amines) is 1. The van der Waals surface area contributed by atoms with Crippen molar-refractivity contribution in [3.8, 4) is 0 Å². The van der Waals surface area contributed by atoms with Crippen LogP contribution in [0.1, 0.15) is 52.9 Å². The first-order valence-electron chi connectivity index (χ1n) is 7.29. The maximum atomic E-state index is 12.3. The second kappa shape index (κ2) is 6.43. The second-order valence-corrected chi connectivity index (χ2v) is 5.86. The molecule has 6 heteroatoms. The minimum Gasteiger partial charge on any atom is -0.480 e. The molecule has 1 aliphatic heterocycles. The number of carbonyl (C=O) groups excluding carboxylic acids is 1. The Morgan fingerprint density at radius 2 is 1.85 bits per heavy atom. The number of hydrogen-bond acceptors (Lipinski definition) is 3. The van der Waals surface area contributed by atoms with Gasteiger partial charge in [-0.05, 0) is 39.0 Å². The number of rotatable bonds is 4. The molecule has 0 spiro atoms. The van der Waals surface area contributed by atoms with Gasteiger partial charge < -0.3 is 20.4 Å². The van der Waals surface area contributed by atoms with Crippen molar-refractivity contribution < 1.29 is 19.8 Å². The minimum atomic E-state index is -1.20. The average molecular weight is 286 g/mol. The summed E-state index contributed by atoms with van der Waals surface area (Å²) in [5.74, 6) is -1.00. The van der Waals surface area contributed by atoms with Gasteiger partial charge in [-0.15, -0.1) is 0 Å². The summed E-state index contributed by atoms with van der Waals surface area (Å²) in [5, 5.41) is 22.0. The minimum absolute atomic E-state index is 0.343. The zero-order chi connectivity index (χ0) is 15.4. The van der Waals surface area contributed by atoms with Crippen molar-refractivity contribution >= 4 is 12.0 Å². The Bertz CT molecular complexity index is 364. The average Bonchev–Trinajstić information content (AvgIpc) is 2.56. The van der Waals surface area contributed by atoms with Gasteiger partial charge >= 0.3 is 12.0 Å². The van der Waals surface area contributed by atoms with E-state index < -0.39 is 17.1 Å². The van der Waals surface area contributed by atoms with E-state index in [9.17, 15) is 19.8 Å². The summed E-state index contributed by atoms with van der Waals surface area (Å²) in [5.41, 5.74) is -1.94. The predicted octanol–water partition coefficient (Wildman–Crippen LogP) is 1.58. The van der Waals surface area contributed by atoms with Crippen molar-refractivity contribution in [2.75, 3.05) is 13.1 Å². The fraction of sp³-hybridized carbons (Fsp3) is 0.857. The van der Waals surface area contributed by atoms with Crippen LogP contribution in [-0.4, -0.2) is 51.3 Å². The number of carboxylic acid groups (broad SMARTS) is 1. The molecule has 0 bridgehead atoms. The summed E-state index contributed by atoms with van der Waals surface area (Å²) in [6.07, 6.45) is 2.58. The largest absolute Gasteiger partial charge is 0.480 e. The number of carboxylic acids is 1. The number of amides is 2. The number of nitrogens with one attached hydrogen (secondary N) is 1. The molecule has 116 valence electrons. The number of nitrogens with zero attached hydrogens (tertiary/aromatic N) is 1. The Morgan fingerprint density at radius 3 is 2.35 bits per heavy atom. The first-order chi connectivity index (χ1) is 9.26. The summed E-state index contributed by atoms with van der Waals surface area (Å²) in [4.78, 5) is 25.3. The molecule has 1 rings (SSSR count). The smallest absolute Gasteiger partial charge is 0.329 e. The fourth-order valence-electron chi connectivity index (χ4n) is 2.53. The van der Waals surface area contributed by atoms with Crippen LogP contribution in [0, 0.1) is 0 Å². The van der Waals surface area contributed by atoms with Crippen LogP contribution in [-0.2, 0) is 4.79 Å². The maximum absolute atomic E-state index is 12.3. The van der Waals surface area contributed by atoms with Crippen molar-refractivity contribution in [2.24, 2.45) is 0 Å². The lowest BCUT2D eigenvalue weighted by atomic mass is 9.93. The topological polar surface area (TPSA) is 89.9 Å². The summed E-state index contributed by atoms with van der Waals surface area (Å²) < 4.78 is 0. The van der Waals surface area contributed by atoms with Crippen molar-refractivity contribution in [3.05, 3.63) is 0 Å². The third-order valence-electron chi connectivity index (χ3n) is 4.31. The van der Waals surface area contributed by atoms with Gasteiger partial charge in [-0.1, -0.05) is 13.8 Å². The summed E-state index contributed by atoms with van der Waals surface area (Å²) in [6.45, 7) is 6.28. The van der Waals surface area contributed by atoms with Gasteiger partial charge in [-0.2, -0.15) is 0 Å². The highest BCUT2D eigenvalue weighted by Crippen LogP contribution is 2.22. The van der Waals surface area contributed by atoms with Crippen molar-refractivity contribution in [1.82, 2.24) is 10.2 Å². The molecule has 1 saturated heterocycles. The Morgan fingerprint density at radius 1 is 1.25 bits per heavy atom. The Hall–Kier alpha value is -1.30. The van der Waals surface area contributed by atoms with E-state index in [4.69, 9.17) is 0 Å². The molecule has 2 amide bonds. The Labute approximate surface area is 120 Å². The number of aliphatic carboxylic acids is 1. The van der Waals surface area contributed by atoms with E-state index in [1.807, 2.05) is 0 Å². The van der Waals surface area contributed by atoms with Gasteiger partial charge in [-0.3, -0.25) is 0 Å². The molecule has 0 saturated carbocycles. The monoisotopic (exact) mass is 286 g/mol. The van der Waals surface area contributed by atoms with Gasteiger partial charge in [0, 0.05) is 13.1 Å². The summed E-state index contributed by atoms with van der Waals surface area (Å²) in [6, 6.07) is -0.353. The molecule has 1 fully saturated rings. The number of aliphatic hydroxyl groups is 1. The molecule has 1 unspecified atom stereocenters. The molecule has 1 aliphatic rings. The third kappa shape index (κ3) is 3.85. The van der Waals surface area contributed by atoms with Gasteiger partial charge in [0.15, 0.2) is 0 Å². The van der Waals surface area contributed by atoms with E-state index in [0.29, 0.717) is 38.8 Å². The zero-order valence-corrected chi connectivity index (χ0v) is 12.6. The van der Waals surface area contributed by atoms with Crippen molar-refractivity contribution in [3.63, 3.8) is 0 Å². The first kappa shape index (κ1) is 16.8. The summed E-state index contributed by atoms with van der Waals surface area (Å²) >= 11 is 0. The Kier molecular flexibility index (Phi) is 5.39. The molecule has 3 N–H and O–H groups in total. The van der Waals surface area contributed by atoms with Crippen LogP contribution in [0.4, 0.5) is 4.79 Å². The van der Waals surface area contributed by atoms with Gasteiger partial charge in [0.2, 0.25) is 0 Å². The van der Waals surface area contributed by atoms with Crippen LogP contribution in [0.5, 0.6) is 0 Å². The molecule has 0 aromatic heterocycles. The number of urea groups is 1. The van der Waals surface area contributed by atoms with Gasteiger partial charge in [0.25, 0.3) is 0 Å². The highest BCUT2D eigenvalue weighted by Gasteiger charge is 2.38. The van der Waals surface area contributed by atoms with Crippen LogP contribution in [0.3, 0.4) is 0 Å². The van der Waals surface area contributed by atoms with Crippen LogP contribution in [0.25, 0.3) is 0 Å². The van der Waals surface area contributed by atoms with E-state index >= 15 is 0 Å². The van der Waals surface area contributed by atoms with Crippen LogP contribution < -0.4 is 5.32 Å². The normalized spacial score (nSPS) is 24.1.